The van der Waals surface area contributed by atoms with Crippen LogP contribution < -0.4 is 14.8 Å². The Morgan fingerprint density at radius 2 is 1.78 bits per heavy atom. The molecule has 2 aliphatic heterocycles. The molecule has 1 N–H and O–H groups in total. The van der Waals surface area contributed by atoms with Gasteiger partial charge in [0.15, 0.2) is 11.5 Å². The van der Waals surface area contributed by atoms with Crippen LogP contribution >= 0.6 is 0 Å². The quantitative estimate of drug-likeness (QED) is 0.746. The van der Waals surface area contributed by atoms with Crippen LogP contribution in [-0.2, 0) is 11.4 Å². The molecule has 32 heavy (non-hydrogen) atoms. The van der Waals surface area contributed by atoms with E-state index < -0.39 is 0 Å². The second-order valence-corrected chi connectivity index (χ2v) is 8.26. The Hall–Kier alpha value is -3.29. The third kappa shape index (κ3) is 5.30. The third-order valence-electron chi connectivity index (χ3n) is 6.01. The Bertz CT molecular complexity index is 931. The molecule has 0 unspecified atom stereocenters. The molecular weight excluding hydrogens is 408 g/mol. The molecule has 0 bridgehead atoms. The molecule has 3 amide bonds. The normalized spacial score (nSPS) is 18.3. The third-order valence-corrected chi connectivity index (χ3v) is 6.01. The molecule has 8 nitrogen and oxygen atoms in total. The molecule has 0 aliphatic carbocycles. The number of nitrogens with zero attached hydrogens (tertiary/aromatic N) is 3. The van der Waals surface area contributed by atoms with Crippen LogP contribution in [0.2, 0.25) is 0 Å². The molecule has 170 valence electrons. The number of anilines is 1. The minimum absolute atomic E-state index is 0.0660. The maximum atomic E-state index is 13.0. The molecule has 0 radical (unpaired) electrons. The van der Waals surface area contributed by atoms with Crippen LogP contribution in [0.1, 0.15) is 31.2 Å². The molecule has 3 heterocycles. The Labute approximate surface area is 188 Å². The second kappa shape index (κ2) is 10.3. The maximum absolute atomic E-state index is 13.0. The smallest absolute Gasteiger partial charge is 0.320 e. The number of ether oxygens (including phenoxy) is 2. The number of carbonyl (C=O) groups is 2. The first-order valence-corrected chi connectivity index (χ1v) is 11.2. The molecule has 0 saturated carbocycles. The lowest BCUT2D eigenvalue weighted by atomic mass is 9.97. The number of nitrogens with one attached hydrogen (secondary N) is 1. The molecule has 2 fully saturated rings. The zero-order chi connectivity index (χ0) is 22.3. The van der Waals surface area contributed by atoms with Crippen molar-refractivity contribution in [2.45, 2.75) is 32.3 Å². The molecule has 0 spiro atoms. The summed E-state index contributed by atoms with van der Waals surface area (Å²) in [6, 6.07) is 9.19. The van der Waals surface area contributed by atoms with Crippen molar-refractivity contribution in [1.29, 1.82) is 0 Å². The van der Waals surface area contributed by atoms with Gasteiger partial charge in [-0.1, -0.05) is 0 Å². The van der Waals surface area contributed by atoms with E-state index in [1.54, 1.807) is 37.7 Å². The number of pyridine rings is 1. The number of aromatic nitrogens is 1. The Morgan fingerprint density at radius 1 is 1.03 bits per heavy atom. The number of carbonyl (C=O) groups excluding carboxylic acids is 2. The molecule has 2 aliphatic rings. The Morgan fingerprint density at radius 3 is 2.53 bits per heavy atom. The van der Waals surface area contributed by atoms with Gasteiger partial charge in [0.1, 0.15) is 6.61 Å². The van der Waals surface area contributed by atoms with Crippen molar-refractivity contribution in [1.82, 2.24) is 14.8 Å². The van der Waals surface area contributed by atoms with Gasteiger partial charge in [0.25, 0.3) is 0 Å². The van der Waals surface area contributed by atoms with Gasteiger partial charge >= 0.3 is 6.03 Å². The highest BCUT2D eigenvalue weighted by Gasteiger charge is 2.31. The zero-order valence-electron chi connectivity index (χ0n) is 18.5. The van der Waals surface area contributed by atoms with Crippen molar-refractivity contribution in [2.75, 3.05) is 38.6 Å². The molecule has 2 aromatic rings. The molecular formula is C24H30N4O4. The topological polar surface area (TPSA) is 84.0 Å². The van der Waals surface area contributed by atoms with E-state index in [0.29, 0.717) is 36.9 Å². The summed E-state index contributed by atoms with van der Waals surface area (Å²) >= 11 is 0. The summed E-state index contributed by atoms with van der Waals surface area (Å²) in [6.45, 7) is 3.18. The fraction of sp³-hybridized carbons (Fsp3) is 0.458. The first-order valence-electron chi connectivity index (χ1n) is 11.2. The van der Waals surface area contributed by atoms with Gasteiger partial charge in [0, 0.05) is 50.3 Å². The predicted octanol–water partition coefficient (Wildman–Crippen LogP) is 3.54. The average molecular weight is 439 g/mol. The monoisotopic (exact) mass is 438 g/mol. The van der Waals surface area contributed by atoms with Crippen molar-refractivity contribution >= 4 is 17.6 Å². The lowest BCUT2D eigenvalue weighted by Crippen LogP contribution is -2.48. The number of piperidine rings is 1. The molecule has 1 atom stereocenters. The fourth-order valence-corrected chi connectivity index (χ4v) is 4.22. The summed E-state index contributed by atoms with van der Waals surface area (Å²) in [4.78, 5) is 33.4. The largest absolute Gasteiger partial charge is 0.493 e. The van der Waals surface area contributed by atoms with Gasteiger partial charge in [-0.2, -0.15) is 0 Å². The minimum atomic E-state index is -0.224. The zero-order valence-corrected chi connectivity index (χ0v) is 18.5. The standard InChI is InChI=1S/C24H30N4O4/c1-31-21-7-6-20(15-22(21)32-17-18-8-10-25-11-9-18)26-23(29)19-5-4-14-28(16-19)24(30)27-12-2-3-13-27/h6-11,15,19H,2-5,12-14,16-17H2,1H3,(H,26,29)/t19-/m0/s1. The van der Waals surface area contributed by atoms with Crippen LogP contribution in [0.5, 0.6) is 11.5 Å². The Balaban J connectivity index is 1.38. The minimum Gasteiger partial charge on any atom is -0.493 e. The van der Waals surface area contributed by atoms with E-state index in [0.717, 1.165) is 44.3 Å². The first-order chi connectivity index (χ1) is 15.6. The van der Waals surface area contributed by atoms with E-state index in [2.05, 4.69) is 10.3 Å². The maximum Gasteiger partial charge on any atom is 0.320 e. The van der Waals surface area contributed by atoms with Crippen molar-refractivity contribution in [3.05, 3.63) is 48.3 Å². The summed E-state index contributed by atoms with van der Waals surface area (Å²) in [5.74, 6) is 0.849. The number of hydrogen-bond acceptors (Lipinski definition) is 5. The van der Waals surface area contributed by atoms with Gasteiger partial charge in [0.05, 0.1) is 13.0 Å². The van der Waals surface area contributed by atoms with Crippen LogP contribution in [0.3, 0.4) is 0 Å². The molecule has 1 aromatic heterocycles. The predicted molar refractivity (Wildman–Crippen MR) is 121 cm³/mol. The molecule has 2 saturated heterocycles. The van der Waals surface area contributed by atoms with Crippen LogP contribution in [0.15, 0.2) is 42.7 Å². The number of amides is 3. The summed E-state index contributed by atoms with van der Waals surface area (Å²) in [7, 11) is 1.58. The second-order valence-electron chi connectivity index (χ2n) is 8.26. The fourth-order valence-electron chi connectivity index (χ4n) is 4.22. The highest BCUT2D eigenvalue weighted by Crippen LogP contribution is 2.31. The number of benzene rings is 1. The van der Waals surface area contributed by atoms with Crippen LogP contribution in [0, 0.1) is 5.92 Å². The van der Waals surface area contributed by atoms with Crippen molar-refractivity contribution < 1.29 is 19.1 Å². The summed E-state index contributed by atoms with van der Waals surface area (Å²) in [6.07, 6.45) is 7.17. The van der Waals surface area contributed by atoms with E-state index in [-0.39, 0.29) is 17.9 Å². The van der Waals surface area contributed by atoms with Gasteiger partial charge in [-0.3, -0.25) is 9.78 Å². The lowest BCUT2D eigenvalue weighted by Gasteiger charge is -2.34. The van der Waals surface area contributed by atoms with E-state index in [4.69, 9.17) is 9.47 Å². The van der Waals surface area contributed by atoms with Crippen molar-refractivity contribution in [2.24, 2.45) is 5.92 Å². The van der Waals surface area contributed by atoms with Gasteiger partial charge < -0.3 is 24.6 Å². The van der Waals surface area contributed by atoms with Crippen LogP contribution in [0.4, 0.5) is 10.5 Å². The van der Waals surface area contributed by atoms with Gasteiger partial charge in [-0.05, 0) is 55.5 Å². The average Bonchev–Trinajstić information content (AvgIpc) is 3.38. The van der Waals surface area contributed by atoms with E-state index in [1.807, 2.05) is 21.9 Å². The number of hydrogen-bond donors (Lipinski definition) is 1. The van der Waals surface area contributed by atoms with Crippen molar-refractivity contribution in [3.8, 4) is 11.5 Å². The number of rotatable bonds is 6. The van der Waals surface area contributed by atoms with Crippen molar-refractivity contribution in [3.63, 3.8) is 0 Å². The van der Waals surface area contributed by atoms with Gasteiger partial charge in [0.2, 0.25) is 5.91 Å². The van der Waals surface area contributed by atoms with E-state index in [9.17, 15) is 9.59 Å². The van der Waals surface area contributed by atoms with Crippen LogP contribution in [-0.4, -0.2) is 60.0 Å². The van der Waals surface area contributed by atoms with Gasteiger partial charge in [-0.15, -0.1) is 0 Å². The van der Waals surface area contributed by atoms with E-state index in [1.165, 1.54) is 0 Å². The lowest BCUT2D eigenvalue weighted by molar-refractivity contribution is -0.121. The number of likely N-dealkylation sites (tertiary alicyclic amines) is 2. The van der Waals surface area contributed by atoms with Crippen LogP contribution in [0.25, 0.3) is 0 Å². The van der Waals surface area contributed by atoms with Gasteiger partial charge in [-0.25, -0.2) is 4.79 Å². The molecule has 1 aromatic carbocycles. The highest BCUT2D eigenvalue weighted by atomic mass is 16.5. The van der Waals surface area contributed by atoms with E-state index >= 15 is 0 Å². The SMILES string of the molecule is COc1ccc(NC(=O)[C@H]2CCCN(C(=O)N3CCCC3)C2)cc1OCc1ccncc1. The Kier molecular flexibility index (Phi) is 7.09. The molecule has 4 rings (SSSR count). The number of methoxy groups -OCH3 is 1. The highest BCUT2D eigenvalue weighted by molar-refractivity contribution is 5.93. The summed E-state index contributed by atoms with van der Waals surface area (Å²) < 4.78 is 11.3. The first kappa shape index (κ1) is 21.9. The summed E-state index contributed by atoms with van der Waals surface area (Å²) in [5, 5.41) is 2.99. The number of urea groups is 1. The molecule has 8 heteroatoms. The summed E-state index contributed by atoms with van der Waals surface area (Å²) in [5.41, 5.74) is 1.63.